The summed E-state index contributed by atoms with van der Waals surface area (Å²) in [5.41, 5.74) is 1.15. The van der Waals surface area contributed by atoms with Gasteiger partial charge in [-0.15, -0.1) is 0 Å². The number of ether oxygens (including phenoxy) is 1. The average Bonchev–Trinajstić information content (AvgIpc) is 2.92. The van der Waals surface area contributed by atoms with E-state index in [-0.39, 0.29) is 5.92 Å². The third kappa shape index (κ3) is 7.55. The van der Waals surface area contributed by atoms with E-state index < -0.39 is 11.6 Å². The number of hydrogen-bond donors (Lipinski definition) is 0. The highest BCUT2D eigenvalue weighted by Crippen LogP contribution is 2.44. The average molecular weight is 503 g/mol. The SMILES string of the molecule is CCCCCC1CCC(COC2CCC(C3CCC(c4ccc(CCC)c(F)c4F)CC3)CC2)CC1. The van der Waals surface area contributed by atoms with Gasteiger partial charge >= 0.3 is 0 Å². The Bertz CT molecular complexity index is 768. The minimum absolute atomic E-state index is 0.188. The molecule has 1 aromatic carbocycles. The molecule has 0 aliphatic heterocycles. The summed E-state index contributed by atoms with van der Waals surface area (Å²) in [7, 11) is 0. The fourth-order valence-corrected chi connectivity index (χ4v) is 7.65. The minimum Gasteiger partial charge on any atom is -0.378 e. The van der Waals surface area contributed by atoms with Gasteiger partial charge in [0.25, 0.3) is 0 Å². The van der Waals surface area contributed by atoms with Crippen molar-refractivity contribution in [3.05, 3.63) is 34.9 Å². The van der Waals surface area contributed by atoms with Gasteiger partial charge in [-0.25, -0.2) is 8.78 Å². The summed E-state index contributed by atoms with van der Waals surface area (Å²) in [6, 6.07) is 3.69. The Kier molecular flexibility index (Phi) is 11.1. The van der Waals surface area contributed by atoms with Gasteiger partial charge in [0.05, 0.1) is 6.10 Å². The molecule has 3 fully saturated rings. The summed E-state index contributed by atoms with van der Waals surface area (Å²) in [4.78, 5) is 0. The summed E-state index contributed by atoms with van der Waals surface area (Å²) in [6.45, 7) is 5.29. The molecule has 3 saturated carbocycles. The van der Waals surface area contributed by atoms with Crippen LogP contribution in [0.5, 0.6) is 0 Å². The predicted molar refractivity (Wildman–Crippen MR) is 146 cm³/mol. The van der Waals surface area contributed by atoms with E-state index in [2.05, 4.69) is 6.92 Å². The normalized spacial score (nSPS) is 31.4. The van der Waals surface area contributed by atoms with Gasteiger partial charge < -0.3 is 4.74 Å². The van der Waals surface area contributed by atoms with Crippen LogP contribution in [0.15, 0.2) is 12.1 Å². The van der Waals surface area contributed by atoms with E-state index in [0.29, 0.717) is 23.7 Å². The van der Waals surface area contributed by atoms with Crippen LogP contribution < -0.4 is 0 Å². The zero-order valence-corrected chi connectivity index (χ0v) is 23.2. The number of aryl methyl sites for hydroxylation is 1. The van der Waals surface area contributed by atoms with Gasteiger partial charge in [0.1, 0.15) is 0 Å². The highest BCUT2D eigenvalue weighted by atomic mass is 19.2. The second-order valence-corrected chi connectivity index (χ2v) is 12.6. The fraction of sp³-hybridized carbons (Fsp3) is 0.818. The van der Waals surface area contributed by atoms with Crippen molar-refractivity contribution < 1.29 is 13.5 Å². The topological polar surface area (TPSA) is 9.23 Å². The van der Waals surface area contributed by atoms with Crippen LogP contribution in [-0.4, -0.2) is 12.7 Å². The number of rotatable bonds is 11. The van der Waals surface area contributed by atoms with Crippen LogP contribution in [0.1, 0.15) is 140 Å². The Morgan fingerprint density at radius 1 is 0.694 bits per heavy atom. The van der Waals surface area contributed by atoms with Crippen molar-refractivity contribution in [2.24, 2.45) is 23.7 Å². The van der Waals surface area contributed by atoms with E-state index in [9.17, 15) is 8.78 Å². The van der Waals surface area contributed by atoms with E-state index in [1.807, 2.05) is 19.1 Å². The first-order chi connectivity index (χ1) is 17.6. The van der Waals surface area contributed by atoms with Gasteiger partial charge in [-0.05, 0) is 111 Å². The molecule has 204 valence electrons. The molecule has 0 aromatic heterocycles. The monoisotopic (exact) mass is 502 g/mol. The van der Waals surface area contributed by atoms with Crippen LogP contribution in [-0.2, 0) is 11.2 Å². The molecule has 0 heterocycles. The number of benzene rings is 1. The molecular formula is C33H52F2O. The fourth-order valence-electron chi connectivity index (χ4n) is 7.65. The lowest BCUT2D eigenvalue weighted by Gasteiger charge is -2.38. The van der Waals surface area contributed by atoms with Crippen LogP contribution in [0.25, 0.3) is 0 Å². The van der Waals surface area contributed by atoms with Gasteiger partial charge in [0.15, 0.2) is 11.6 Å². The third-order valence-electron chi connectivity index (χ3n) is 10.1. The molecule has 3 aliphatic carbocycles. The zero-order chi connectivity index (χ0) is 25.3. The van der Waals surface area contributed by atoms with Crippen molar-refractivity contribution >= 4 is 0 Å². The molecule has 1 aromatic rings. The van der Waals surface area contributed by atoms with Crippen LogP contribution in [0.4, 0.5) is 8.78 Å². The second-order valence-electron chi connectivity index (χ2n) is 12.6. The largest absolute Gasteiger partial charge is 0.378 e. The van der Waals surface area contributed by atoms with E-state index in [4.69, 9.17) is 4.74 Å². The zero-order valence-electron chi connectivity index (χ0n) is 23.2. The molecule has 1 nitrogen and oxygen atoms in total. The minimum atomic E-state index is -0.602. The first-order valence-corrected chi connectivity index (χ1v) is 15.7. The Labute approximate surface area is 220 Å². The molecule has 0 bridgehead atoms. The molecule has 0 spiro atoms. The Morgan fingerprint density at radius 2 is 1.33 bits per heavy atom. The van der Waals surface area contributed by atoms with E-state index in [1.165, 1.54) is 89.9 Å². The number of hydrogen-bond acceptors (Lipinski definition) is 1. The molecule has 0 atom stereocenters. The molecule has 0 amide bonds. The summed E-state index contributed by atoms with van der Waals surface area (Å²) < 4.78 is 35.7. The van der Waals surface area contributed by atoms with Crippen LogP contribution in [0.2, 0.25) is 0 Å². The second kappa shape index (κ2) is 14.3. The summed E-state index contributed by atoms with van der Waals surface area (Å²) in [5.74, 6) is 2.35. The number of halogens is 2. The molecule has 0 N–H and O–H groups in total. The van der Waals surface area contributed by atoms with Gasteiger partial charge in [-0.2, -0.15) is 0 Å². The first kappa shape index (κ1) is 28.1. The number of unbranched alkanes of at least 4 members (excludes halogenated alkanes) is 2. The smallest absolute Gasteiger partial charge is 0.162 e. The highest BCUT2D eigenvalue weighted by Gasteiger charge is 2.33. The Hall–Kier alpha value is -0.960. The quantitative estimate of drug-likeness (QED) is 0.273. The molecule has 0 unspecified atom stereocenters. The maximum Gasteiger partial charge on any atom is 0.162 e. The van der Waals surface area contributed by atoms with Crippen LogP contribution >= 0.6 is 0 Å². The van der Waals surface area contributed by atoms with E-state index >= 15 is 0 Å². The lowest BCUT2D eigenvalue weighted by Crippen LogP contribution is -2.30. The Balaban J connectivity index is 1.13. The van der Waals surface area contributed by atoms with Crippen molar-refractivity contribution in [3.8, 4) is 0 Å². The standard InChI is InChI=1S/C33H52F2O/c1-3-5-6-8-24-9-11-25(12-10-24)23-36-30-20-17-27(18-21-30)26-13-15-28(16-14-26)31-22-19-29(7-4-2)32(34)33(31)35/h19,22,24-28,30H,3-18,20-21,23H2,1-2H3. The van der Waals surface area contributed by atoms with Gasteiger partial charge in [0, 0.05) is 6.61 Å². The molecule has 3 aliphatic rings. The van der Waals surface area contributed by atoms with Gasteiger partial charge in [-0.1, -0.05) is 70.9 Å². The Morgan fingerprint density at radius 3 is 1.97 bits per heavy atom. The van der Waals surface area contributed by atoms with Crippen LogP contribution in [0.3, 0.4) is 0 Å². The first-order valence-electron chi connectivity index (χ1n) is 15.7. The maximum atomic E-state index is 14.8. The van der Waals surface area contributed by atoms with Crippen molar-refractivity contribution in [2.75, 3.05) is 6.61 Å². The van der Waals surface area contributed by atoms with Crippen molar-refractivity contribution in [3.63, 3.8) is 0 Å². The van der Waals surface area contributed by atoms with E-state index in [1.54, 1.807) is 0 Å². The highest BCUT2D eigenvalue weighted by molar-refractivity contribution is 5.29. The molecule has 36 heavy (non-hydrogen) atoms. The van der Waals surface area contributed by atoms with Gasteiger partial charge in [0.2, 0.25) is 0 Å². The van der Waals surface area contributed by atoms with Gasteiger partial charge in [-0.3, -0.25) is 0 Å². The lowest BCUT2D eigenvalue weighted by molar-refractivity contribution is -0.0166. The summed E-state index contributed by atoms with van der Waals surface area (Å²) >= 11 is 0. The lowest BCUT2D eigenvalue weighted by atomic mass is 9.69. The van der Waals surface area contributed by atoms with Crippen molar-refractivity contribution in [1.82, 2.24) is 0 Å². The molecular weight excluding hydrogens is 450 g/mol. The van der Waals surface area contributed by atoms with Crippen LogP contribution in [0, 0.1) is 35.3 Å². The third-order valence-corrected chi connectivity index (χ3v) is 10.1. The van der Waals surface area contributed by atoms with Crippen molar-refractivity contribution in [1.29, 1.82) is 0 Å². The van der Waals surface area contributed by atoms with Crippen molar-refractivity contribution in [2.45, 2.75) is 141 Å². The maximum absolute atomic E-state index is 14.8. The molecule has 0 radical (unpaired) electrons. The molecule has 3 heteroatoms. The molecule has 4 rings (SSSR count). The van der Waals surface area contributed by atoms with E-state index in [0.717, 1.165) is 49.5 Å². The summed E-state index contributed by atoms with van der Waals surface area (Å²) in [5, 5.41) is 0. The predicted octanol–water partition coefficient (Wildman–Crippen LogP) is 10.2. The molecule has 0 saturated heterocycles. The summed E-state index contributed by atoms with van der Waals surface area (Å²) in [6.07, 6.45) is 22.5.